The third kappa shape index (κ3) is 5.45. The Morgan fingerprint density at radius 3 is 2.70 bits per heavy atom. The molecule has 0 radical (unpaired) electrons. The number of pyridine rings is 1. The zero-order valence-electron chi connectivity index (χ0n) is 19.8. The Balaban J connectivity index is 1.44. The molecule has 0 aliphatic carbocycles. The third-order valence-electron chi connectivity index (χ3n) is 6.42. The minimum absolute atomic E-state index is 0.0489. The molecule has 1 amide bonds. The first kappa shape index (κ1) is 23.0. The van der Waals surface area contributed by atoms with Gasteiger partial charge >= 0.3 is 0 Å². The first-order chi connectivity index (χ1) is 15.7. The number of amides is 1. The third-order valence-corrected chi connectivity index (χ3v) is 6.42. The number of aromatic nitrogens is 3. The van der Waals surface area contributed by atoms with E-state index in [2.05, 4.69) is 15.4 Å². The minimum atomic E-state index is -0.699. The summed E-state index contributed by atoms with van der Waals surface area (Å²) in [7, 11) is 1.63. The zero-order chi connectivity index (χ0) is 23.6. The largest absolute Gasteiger partial charge is 0.495 e. The number of nitrogens with one attached hydrogen (secondary N) is 1. The molecule has 176 valence electrons. The molecule has 1 aliphatic heterocycles. The smallest absolute Gasteiger partial charge is 0.244 e. The van der Waals surface area contributed by atoms with Gasteiger partial charge in [0, 0.05) is 36.4 Å². The van der Waals surface area contributed by atoms with Gasteiger partial charge in [0.05, 0.1) is 36.2 Å². The van der Waals surface area contributed by atoms with E-state index >= 15 is 0 Å². The number of carbonyl (C=O) groups excluding carboxylic acids is 1. The summed E-state index contributed by atoms with van der Waals surface area (Å²) in [5, 5.41) is 19.1. The molecule has 1 aliphatic rings. The van der Waals surface area contributed by atoms with Gasteiger partial charge in [0.15, 0.2) is 0 Å². The number of aryl methyl sites for hydroxylation is 1. The van der Waals surface area contributed by atoms with Crippen molar-refractivity contribution >= 4 is 22.5 Å². The summed E-state index contributed by atoms with van der Waals surface area (Å²) in [5.41, 5.74) is 2.86. The van der Waals surface area contributed by atoms with Crippen LogP contribution in [0.2, 0.25) is 0 Å². The highest BCUT2D eigenvalue weighted by molar-refractivity contribution is 5.86. The van der Waals surface area contributed by atoms with Crippen molar-refractivity contribution in [1.29, 1.82) is 0 Å². The first-order valence-corrected chi connectivity index (χ1v) is 11.4. The van der Waals surface area contributed by atoms with Crippen molar-refractivity contribution in [3.8, 4) is 5.75 Å². The second-order valence-corrected chi connectivity index (χ2v) is 9.37. The van der Waals surface area contributed by atoms with Crippen molar-refractivity contribution in [2.45, 2.75) is 52.3 Å². The lowest BCUT2D eigenvalue weighted by atomic mass is 9.83. The summed E-state index contributed by atoms with van der Waals surface area (Å²) >= 11 is 0. The lowest BCUT2D eigenvalue weighted by Gasteiger charge is -2.37. The summed E-state index contributed by atoms with van der Waals surface area (Å²) in [5.74, 6) is 0.968. The Morgan fingerprint density at radius 1 is 1.27 bits per heavy atom. The van der Waals surface area contributed by atoms with Crippen LogP contribution in [0, 0.1) is 12.8 Å². The Labute approximate surface area is 194 Å². The van der Waals surface area contributed by atoms with Gasteiger partial charge < -0.3 is 20.1 Å². The van der Waals surface area contributed by atoms with Crippen LogP contribution >= 0.6 is 0 Å². The molecule has 3 aromatic rings. The van der Waals surface area contributed by atoms with E-state index in [-0.39, 0.29) is 18.4 Å². The Morgan fingerprint density at radius 2 is 2.03 bits per heavy atom. The monoisotopic (exact) mass is 451 g/mol. The number of hydrogen-bond acceptors (Lipinski definition) is 6. The molecule has 33 heavy (non-hydrogen) atoms. The van der Waals surface area contributed by atoms with E-state index < -0.39 is 5.60 Å². The topological polar surface area (TPSA) is 92.5 Å². The van der Waals surface area contributed by atoms with E-state index in [1.807, 2.05) is 62.2 Å². The molecule has 8 nitrogen and oxygen atoms in total. The maximum Gasteiger partial charge on any atom is 0.244 e. The summed E-state index contributed by atoms with van der Waals surface area (Å²) < 4.78 is 7.26. The maximum absolute atomic E-state index is 12.8. The van der Waals surface area contributed by atoms with Crippen LogP contribution < -0.4 is 10.1 Å². The minimum Gasteiger partial charge on any atom is -0.495 e. The van der Waals surface area contributed by atoms with Crippen molar-refractivity contribution in [2.24, 2.45) is 5.92 Å². The summed E-state index contributed by atoms with van der Waals surface area (Å²) in [6.07, 6.45) is 3.53. The highest BCUT2D eigenvalue weighted by Gasteiger charge is 2.32. The summed E-state index contributed by atoms with van der Waals surface area (Å²) in [4.78, 5) is 19.2. The van der Waals surface area contributed by atoms with Gasteiger partial charge in [0.1, 0.15) is 12.3 Å². The van der Waals surface area contributed by atoms with Gasteiger partial charge in [0.25, 0.3) is 0 Å². The van der Waals surface area contributed by atoms with Crippen LogP contribution in [0.3, 0.4) is 0 Å². The number of anilines is 1. The molecule has 0 spiro atoms. The van der Waals surface area contributed by atoms with E-state index in [4.69, 9.17) is 4.74 Å². The second kappa shape index (κ2) is 9.39. The molecule has 8 heteroatoms. The number of ether oxygens (including phenoxy) is 1. The van der Waals surface area contributed by atoms with Gasteiger partial charge in [-0.1, -0.05) is 6.07 Å². The number of benzene rings is 1. The number of hydrogen-bond donors (Lipinski definition) is 2. The fourth-order valence-corrected chi connectivity index (χ4v) is 4.45. The van der Waals surface area contributed by atoms with Gasteiger partial charge in [-0.25, -0.2) is 0 Å². The molecule has 0 bridgehead atoms. The number of aliphatic hydroxyl groups is 1. The van der Waals surface area contributed by atoms with Crippen LogP contribution in [0.4, 0.5) is 5.69 Å². The van der Waals surface area contributed by atoms with Gasteiger partial charge in [-0.3, -0.25) is 14.5 Å². The second-order valence-electron chi connectivity index (χ2n) is 9.37. The predicted molar refractivity (Wildman–Crippen MR) is 128 cm³/mol. The SMILES string of the molecule is COc1cc2nn(CC(=O)N3CCC(C(C)(C)O)CC3)cc2cc1NCc1cccc(C)n1. The average Bonchev–Trinajstić information content (AvgIpc) is 3.17. The lowest BCUT2D eigenvalue weighted by molar-refractivity contribution is -0.134. The highest BCUT2D eigenvalue weighted by Crippen LogP contribution is 2.31. The predicted octanol–water partition coefficient (Wildman–Crippen LogP) is 3.37. The fraction of sp³-hybridized carbons (Fsp3) is 0.480. The Kier molecular flexibility index (Phi) is 6.56. The number of methoxy groups -OCH3 is 1. The van der Waals surface area contributed by atoms with Crippen LogP contribution in [-0.4, -0.2) is 56.5 Å². The molecular formula is C25H33N5O3. The molecular weight excluding hydrogens is 418 g/mol. The van der Waals surface area contributed by atoms with Crippen LogP contribution in [-0.2, 0) is 17.9 Å². The summed E-state index contributed by atoms with van der Waals surface area (Å²) in [6.45, 7) is 7.78. The van der Waals surface area contributed by atoms with Crippen molar-refractivity contribution in [3.63, 3.8) is 0 Å². The Hall–Kier alpha value is -3.13. The van der Waals surface area contributed by atoms with E-state index in [9.17, 15) is 9.90 Å². The van der Waals surface area contributed by atoms with Gasteiger partial charge in [-0.05, 0) is 57.7 Å². The molecule has 1 fully saturated rings. The van der Waals surface area contributed by atoms with Crippen molar-refractivity contribution in [2.75, 3.05) is 25.5 Å². The first-order valence-electron chi connectivity index (χ1n) is 11.4. The molecule has 0 atom stereocenters. The van der Waals surface area contributed by atoms with Gasteiger partial charge in [-0.2, -0.15) is 5.10 Å². The average molecular weight is 452 g/mol. The Bertz CT molecular complexity index is 1130. The van der Waals surface area contributed by atoms with Gasteiger partial charge in [-0.15, -0.1) is 0 Å². The quantitative estimate of drug-likeness (QED) is 0.572. The molecule has 1 saturated heterocycles. The normalized spacial score (nSPS) is 15.1. The number of piperidine rings is 1. The molecule has 1 aromatic carbocycles. The van der Waals surface area contributed by atoms with Crippen molar-refractivity contribution in [3.05, 3.63) is 47.9 Å². The van der Waals surface area contributed by atoms with E-state index in [0.29, 0.717) is 25.4 Å². The standard InChI is InChI=1S/C25H33N5O3/c1-17-6-5-7-20(27-17)14-26-22-12-18-15-30(28-21(18)13-23(22)33-4)16-24(31)29-10-8-19(9-11-29)25(2,3)32/h5-7,12-13,15,19,26,32H,8-11,14,16H2,1-4H3. The lowest BCUT2D eigenvalue weighted by Crippen LogP contribution is -2.45. The molecule has 3 heterocycles. The number of nitrogens with zero attached hydrogens (tertiary/aromatic N) is 4. The number of carbonyl (C=O) groups is 1. The fourth-order valence-electron chi connectivity index (χ4n) is 4.45. The van der Waals surface area contributed by atoms with Crippen LogP contribution in [0.5, 0.6) is 5.75 Å². The van der Waals surface area contributed by atoms with Crippen molar-refractivity contribution in [1.82, 2.24) is 19.7 Å². The van der Waals surface area contributed by atoms with Crippen LogP contribution in [0.25, 0.3) is 10.9 Å². The molecule has 0 unspecified atom stereocenters. The summed E-state index contributed by atoms with van der Waals surface area (Å²) in [6, 6.07) is 9.83. The highest BCUT2D eigenvalue weighted by atomic mass is 16.5. The van der Waals surface area contributed by atoms with Gasteiger partial charge in [0.2, 0.25) is 5.91 Å². The van der Waals surface area contributed by atoms with E-state index in [1.165, 1.54) is 0 Å². The van der Waals surface area contributed by atoms with Crippen LogP contribution in [0.15, 0.2) is 36.5 Å². The molecule has 0 saturated carbocycles. The zero-order valence-corrected chi connectivity index (χ0v) is 19.8. The molecule has 2 aromatic heterocycles. The van der Waals surface area contributed by atoms with E-state index in [0.717, 1.165) is 40.8 Å². The van der Waals surface area contributed by atoms with E-state index in [1.54, 1.807) is 11.8 Å². The number of rotatable bonds is 7. The molecule has 2 N–H and O–H groups in total. The van der Waals surface area contributed by atoms with Crippen LogP contribution in [0.1, 0.15) is 38.1 Å². The van der Waals surface area contributed by atoms with Crippen molar-refractivity contribution < 1.29 is 14.6 Å². The maximum atomic E-state index is 12.8. The molecule has 4 rings (SSSR count). The number of likely N-dealkylation sites (tertiary alicyclic amines) is 1. The number of fused-ring (bicyclic) bond motifs is 1.